The van der Waals surface area contributed by atoms with Crippen LogP contribution in [0.25, 0.3) is 66.1 Å². The van der Waals surface area contributed by atoms with Crippen LogP contribution in [0, 0.1) is 43.8 Å². The van der Waals surface area contributed by atoms with Crippen LogP contribution in [0.2, 0.25) is 0 Å². The fourth-order valence-corrected chi connectivity index (χ4v) is 13.3. The van der Waals surface area contributed by atoms with Gasteiger partial charge in [-0.2, -0.15) is 0 Å². The maximum atomic E-state index is 13.5. The van der Waals surface area contributed by atoms with Crippen LogP contribution in [0.5, 0.6) is 0 Å². The molecule has 0 spiro atoms. The number of carbonyl (C=O) groups is 6. The molecule has 17 nitrogen and oxygen atoms in total. The van der Waals surface area contributed by atoms with E-state index < -0.39 is 32.4 Å². The zero-order chi connectivity index (χ0) is 82.3. The van der Waals surface area contributed by atoms with E-state index >= 15 is 0 Å². The molecule has 0 fully saturated rings. The van der Waals surface area contributed by atoms with Crippen molar-refractivity contribution in [3.05, 3.63) is 281 Å². The number of aromatic nitrogens is 3. The largest absolute Gasteiger partial charge is 0.478 e. The number of nitrogens with one attached hydrogen (secondary N) is 3. The lowest BCUT2D eigenvalue weighted by molar-refractivity contribution is -0.384. The minimum atomic E-state index is -0.995. The molecular weight excluding hydrogens is 1650 g/mol. The van der Waals surface area contributed by atoms with Crippen LogP contribution in [0.4, 0.5) is 24.5 Å². The van der Waals surface area contributed by atoms with Gasteiger partial charge < -0.3 is 40.5 Å². The van der Waals surface area contributed by atoms with Gasteiger partial charge in [0.15, 0.2) is 5.78 Å². The molecule has 3 heterocycles. The third-order valence-electron chi connectivity index (χ3n) is 18.0. The summed E-state index contributed by atoms with van der Waals surface area (Å²) >= 11 is 15.4. The van der Waals surface area contributed by atoms with Crippen molar-refractivity contribution in [2.75, 3.05) is 5.73 Å². The summed E-state index contributed by atoms with van der Waals surface area (Å²) < 4.78 is 47.8. The first kappa shape index (κ1) is 87.1. The van der Waals surface area contributed by atoms with Crippen molar-refractivity contribution < 1.29 is 52.0 Å². The molecule has 112 heavy (non-hydrogen) atoms. The Bertz CT molecular complexity index is 5360. The Balaban J connectivity index is 0.000000182. The molecule has 0 aliphatic carbocycles. The van der Waals surface area contributed by atoms with Crippen LogP contribution in [-0.4, -0.2) is 58.4 Å². The number of carboxylic acids is 1. The molecule has 3 aromatic heterocycles. The van der Waals surface area contributed by atoms with Gasteiger partial charge in [-0.05, 0) is 212 Å². The van der Waals surface area contributed by atoms with Crippen LogP contribution in [0.1, 0.15) is 136 Å². The van der Waals surface area contributed by atoms with E-state index in [4.69, 9.17) is 22.4 Å². The SMILES string of the molecule is CC(C)(C)C(=O)NCc1ccc(Br)c(C(=O)Cl)c1.CC(C)(C)C(=O)NCc1ccc(Br)c(C(=O)O)c1.CCn1cc(-c2ccc(F)cc2)c2cc(CC(=O)c3cc(CNC(=O)C(C)(C)C)ccc3Br)ccc21.CCn1cc(-c2ccc(F)cc2)c2cc(N)ccc21.CCn1cc(-c2ccc(F)cc2)c2cc([N+](=O)[O-])ccc21. The average molecular weight is 1730 g/mol. The molecule has 0 aliphatic rings. The number of amides is 3. The van der Waals surface area contributed by atoms with E-state index in [9.17, 15) is 52.1 Å². The number of nitro groups is 1. The molecule has 12 rings (SSSR count). The summed E-state index contributed by atoms with van der Waals surface area (Å²) in [6.07, 6.45) is 6.36. The minimum Gasteiger partial charge on any atom is -0.478 e. The molecular formula is C88H89Br3ClF3N8O9. The second-order valence-electron chi connectivity index (χ2n) is 29.5. The number of aryl methyl sites for hydroxylation is 3. The molecule has 9 aromatic carbocycles. The van der Waals surface area contributed by atoms with Gasteiger partial charge in [0.25, 0.3) is 10.9 Å². The van der Waals surface area contributed by atoms with Crippen LogP contribution >= 0.6 is 59.4 Å². The van der Waals surface area contributed by atoms with E-state index in [2.05, 4.69) is 105 Å². The highest BCUT2D eigenvalue weighted by Crippen LogP contribution is 2.37. The molecule has 6 N–H and O–H groups in total. The normalized spacial score (nSPS) is 11.2. The summed E-state index contributed by atoms with van der Waals surface area (Å²) in [4.78, 5) is 81.6. The topological polar surface area (TPSA) is 243 Å². The van der Waals surface area contributed by atoms with Gasteiger partial charge in [-0.15, -0.1) is 0 Å². The summed E-state index contributed by atoms with van der Waals surface area (Å²) in [5.41, 5.74) is 18.8. The number of benzene rings is 9. The molecule has 12 aromatic rings. The number of aromatic carboxylic acids is 1. The van der Waals surface area contributed by atoms with Crippen LogP contribution in [-0.2, 0) is 60.1 Å². The predicted molar refractivity (Wildman–Crippen MR) is 452 cm³/mol. The third-order valence-corrected chi connectivity index (χ3v) is 20.3. The summed E-state index contributed by atoms with van der Waals surface area (Å²) in [7, 11) is 0. The van der Waals surface area contributed by atoms with Crippen molar-refractivity contribution in [2.24, 2.45) is 16.2 Å². The number of anilines is 1. The lowest BCUT2D eigenvalue weighted by Gasteiger charge is -2.18. The first-order valence-corrected chi connectivity index (χ1v) is 38.8. The lowest BCUT2D eigenvalue weighted by atomic mass is 9.95. The second kappa shape index (κ2) is 38.2. The zero-order valence-electron chi connectivity index (χ0n) is 64.2. The van der Waals surface area contributed by atoms with Crippen molar-refractivity contribution in [1.29, 1.82) is 0 Å². The molecule has 0 saturated carbocycles. The van der Waals surface area contributed by atoms with Gasteiger partial charge in [0.05, 0.1) is 10.5 Å². The first-order valence-electron chi connectivity index (χ1n) is 36.0. The van der Waals surface area contributed by atoms with Gasteiger partial charge in [0, 0.05) is 172 Å². The number of nitrogens with two attached hydrogens (primary N) is 1. The number of carbonyl (C=O) groups excluding carboxylic acids is 5. The van der Waals surface area contributed by atoms with Gasteiger partial charge in [-0.1, -0.05) is 139 Å². The highest BCUT2D eigenvalue weighted by atomic mass is 79.9. The third kappa shape index (κ3) is 23.1. The maximum absolute atomic E-state index is 13.5. The molecule has 0 aliphatic heterocycles. The van der Waals surface area contributed by atoms with Crippen molar-refractivity contribution >= 4 is 138 Å². The van der Waals surface area contributed by atoms with E-state index in [1.807, 2.05) is 135 Å². The van der Waals surface area contributed by atoms with Crippen LogP contribution in [0.15, 0.2) is 214 Å². The predicted octanol–water partition coefficient (Wildman–Crippen LogP) is 22.0. The lowest BCUT2D eigenvalue weighted by Crippen LogP contribution is -2.34. The zero-order valence-corrected chi connectivity index (χ0v) is 69.7. The summed E-state index contributed by atoms with van der Waals surface area (Å²) in [5.74, 6) is -1.94. The number of nitrogen functional groups attached to an aromatic ring is 1. The summed E-state index contributed by atoms with van der Waals surface area (Å²) in [5, 5.41) is 30.9. The Morgan fingerprint density at radius 3 is 1.12 bits per heavy atom. The van der Waals surface area contributed by atoms with Gasteiger partial charge >= 0.3 is 5.97 Å². The van der Waals surface area contributed by atoms with Crippen molar-refractivity contribution in [2.45, 2.75) is 129 Å². The van der Waals surface area contributed by atoms with Crippen LogP contribution < -0.4 is 21.7 Å². The van der Waals surface area contributed by atoms with Gasteiger partial charge in [-0.25, -0.2) is 18.0 Å². The summed E-state index contributed by atoms with van der Waals surface area (Å²) in [6, 6.07) is 51.9. The van der Waals surface area contributed by atoms with Crippen molar-refractivity contribution in [1.82, 2.24) is 29.7 Å². The second-order valence-corrected chi connectivity index (χ2v) is 32.4. The average Bonchev–Trinajstić information content (AvgIpc) is 1.64. The summed E-state index contributed by atoms with van der Waals surface area (Å²) in [6.45, 7) is 26.3. The number of hydrogen-bond donors (Lipinski definition) is 5. The van der Waals surface area contributed by atoms with E-state index in [1.54, 1.807) is 78.9 Å². The van der Waals surface area contributed by atoms with E-state index in [-0.39, 0.29) is 58.6 Å². The number of hydrogen-bond acceptors (Lipinski definition) is 9. The Kier molecular flexibility index (Phi) is 29.7. The van der Waals surface area contributed by atoms with Gasteiger partial charge in [-0.3, -0.25) is 34.1 Å². The smallest absolute Gasteiger partial charge is 0.336 e. The van der Waals surface area contributed by atoms with Gasteiger partial charge in [0.2, 0.25) is 17.7 Å². The minimum absolute atomic E-state index is 0.0107. The quantitative estimate of drug-likeness (QED) is 0.0179. The molecule has 3 amide bonds. The highest BCUT2D eigenvalue weighted by molar-refractivity contribution is 9.11. The van der Waals surface area contributed by atoms with Crippen molar-refractivity contribution in [3.63, 3.8) is 0 Å². The Labute approximate surface area is 679 Å². The Morgan fingerprint density at radius 1 is 0.446 bits per heavy atom. The fourth-order valence-electron chi connectivity index (χ4n) is 11.7. The maximum Gasteiger partial charge on any atom is 0.336 e. The van der Waals surface area contributed by atoms with E-state index in [1.165, 1.54) is 42.5 Å². The highest BCUT2D eigenvalue weighted by Gasteiger charge is 2.25. The Morgan fingerprint density at radius 2 is 0.768 bits per heavy atom. The number of fused-ring (bicyclic) bond motifs is 3. The molecule has 0 atom stereocenters. The first-order chi connectivity index (χ1) is 52.8. The molecule has 584 valence electrons. The van der Waals surface area contributed by atoms with Crippen molar-refractivity contribution in [3.8, 4) is 33.4 Å². The monoisotopic (exact) mass is 1730 g/mol. The molecule has 0 saturated heterocycles. The van der Waals surface area contributed by atoms with Crippen LogP contribution in [0.3, 0.4) is 0 Å². The Hall–Kier alpha value is -10.5. The number of halogens is 7. The number of nitrogens with zero attached hydrogens (tertiary/aromatic N) is 4. The number of Topliss-reactive ketones (excluding diaryl/α,β-unsaturated/α-hetero) is 1. The number of non-ortho nitro benzene ring substituents is 1. The van der Waals surface area contributed by atoms with Gasteiger partial charge in [0.1, 0.15) is 17.5 Å². The molecule has 0 bridgehead atoms. The number of nitro benzene ring substituents is 1. The molecule has 0 radical (unpaired) electrons. The standard InChI is InChI=1S/C30H30BrFN2O2.C16H13FN2O2.C16H15FN2.C13H15BrClNO2.C13H16BrNO3/c1-5-34-18-25(21-8-10-22(32)11-9-21)23-14-19(7-13-27(23)34)16-28(35)24-15-20(6-12-26(24)31)17-33-29(36)30(2,3)4;1-2-18-10-15(11-3-5-12(17)6-4-11)14-9-13(19(20)21)7-8-16(14)18;1-2-19-10-15(11-3-5-12(17)6-4-11)14-9-13(18)7-8-16(14)19;1-13(2,3)12(18)16-7-8-4-5-10(14)9(6-8)11(15)17;1-13(2,3)12(18)15-7-8-4-5-10(14)9(6-8)11(16)17/h6-15,18H,5,16-17H2,1-4H3,(H,33,36);3-10H,2H2,1H3;3-10H,2,18H2,1H3;4-6H,7H2,1-3H3,(H,16,18);4-6H,7H2,1-3H3,(H,15,18)(H,16,17). The number of rotatable bonds is 18. The van der Waals surface area contributed by atoms with E-state index in [0.29, 0.717) is 39.7 Å². The molecule has 24 heteroatoms. The number of ketones is 1. The molecule has 0 unspecified atom stereocenters. The van der Waals surface area contributed by atoms with E-state index in [0.717, 1.165) is 118 Å². The number of carboxylic acid groups (broad SMARTS) is 1. The fraction of sp³-hybridized carbons (Fsp3) is 0.250.